The maximum Gasteiger partial charge on any atom is 0.321 e. The molecule has 21 heavy (non-hydrogen) atoms. The summed E-state index contributed by atoms with van der Waals surface area (Å²) in [4.78, 5) is 14.3. The fourth-order valence-corrected chi connectivity index (χ4v) is 3.56. The molecule has 3 rings (SSSR count). The van der Waals surface area contributed by atoms with Gasteiger partial charge in [-0.2, -0.15) is 11.8 Å². The Morgan fingerprint density at radius 3 is 2.95 bits per heavy atom. The van der Waals surface area contributed by atoms with Crippen LogP contribution in [0.5, 0.6) is 11.5 Å². The zero-order valence-electron chi connectivity index (χ0n) is 12.3. The predicted octanol–water partition coefficient (Wildman–Crippen LogP) is 2.94. The van der Waals surface area contributed by atoms with Gasteiger partial charge in [0.25, 0.3) is 0 Å². The van der Waals surface area contributed by atoms with Gasteiger partial charge in [-0.1, -0.05) is 6.92 Å². The van der Waals surface area contributed by atoms with E-state index in [2.05, 4.69) is 12.2 Å². The van der Waals surface area contributed by atoms with E-state index >= 15 is 0 Å². The van der Waals surface area contributed by atoms with Crippen LogP contribution in [0.15, 0.2) is 12.1 Å². The van der Waals surface area contributed by atoms with Crippen LogP contribution in [0.3, 0.4) is 0 Å². The lowest BCUT2D eigenvalue weighted by Gasteiger charge is -2.23. The fourth-order valence-electron chi connectivity index (χ4n) is 2.54. The Labute approximate surface area is 129 Å². The van der Waals surface area contributed by atoms with Gasteiger partial charge in [-0.15, -0.1) is 0 Å². The number of nitrogens with zero attached hydrogens (tertiary/aromatic N) is 1. The van der Waals surface area contributed by atoms with Gasteiger partial charge in [-0.25, -0.2) is 4.79 Å². The summed E-state index contributed by atoms with van der Waals surface area (Å²) in [6.07, 6.45) is 0. The number of aryl methyl sites for hydroxylation is 1. The van der Waals surface area contributed by atoms with Gasteiger partial charge >= 0.3 is 6.03 Å². The molecule has 2 amide bonds. The van der Waals surface area contributed by atoms with Crippen LogP contribution in [0, 0.1) is 12.8 Å². The summed E-state index contributed by atoms with van der Waals surface area (Å²) in [5.74, 6) is 4.08. The van der Waals surface area contributed by atoms with Gasteiger partial charge in [0.1, 0.15) is 0 Å². The third-order valence-electron chi connectivity index (χ3n) is 3.69. The molecule has 0 unspecified atom stereocenters. The SMILES string of the molecule is Cc1cc2c(cc1NC(=O)N1CCSC[C@@H](C)C1)OCO2. The van der Waals surface area contributed by atoms with Crippen LogP contribution >= 0.6 is 11.8 Å². The molecule has 114 valence electrons. The van der Waals surface area contributed by atoms with E-state index in [1.807, 2.05) is 35.7 Å². The fraction of sp³-hybridized carbons (Fsp3) is 0.533. The number of rotatable bonds is 1. The maximum atomic E-state index is 12.5. The number of hydrogen-bond donors (Lipinski definition) is 1. The number of carbonyl (C=O) groups is 1. The van der Waals surface area contributed by atoms with Gasteiger partial charge in [-0.3, -0.25) is 0 Å². The van der Waals surface area contributed by atoms with E-state index in [4.69, 9.17) is 9.47 Å². The lowest BCUT2D eigenvalue weighted by molar-refractivity contribution is 0.174. The minimum atomic E-state index is -0.0358. The molecule has 2 aliphatic heterocycles. The molecule has 2 heterocycles. The van der Waals surface area contributed by atoms with Crippen molar-refractivity contribution in [2.75, 3.05) is 36.7 Å². The van der Waals surface area contributed by atoms with Crippen molar-refractivity contribution in [2.45, 2.75) is 13.8 Å². The number of amides is 2. The molecule has 0 bridgehead atoms. The second kappa shape index (κ2) is 6.05. The van der Waals surface area contributed by atoms with Crippen LogP contribution in [0.1, 0.15) is 12.5 Å². The number of benzene rings is 1. The summed E-state index contributed by atoms with van der Waals surface area (Å²) < 4.78 is 10.7. The Morgan fingerprint density at radius 1 is 1.38 bits per heavy atom. The van der Waals surface area contributed by atoms with E-state index in [1.54, 1.807) is 0 Å². The Bertz CT molecular complexity index is 550. The zero-order chi connectivity index (χ0) is 14.8. The highest BCUT2D eigenvalue weighted by Crippen LogP contribution is 2.36. The van der Waals surface area contributed by atoms with Gasteiger partial charge in [0.15, 0.2) is 11.5 Å². The van der Waals surface area contributed by atoms with Crippen LogP contribution < -0.4 is 14.8 Å². The third kappa shape index (κ3) is 3.20. The van der Waals surface area contributed by atoms with Crippen molar-refractivity contribution in [3.05, 3.63) is 17.7 Å². The Balaban J connectivity index is 1.72. The number of carbonyl (C=O) groups excluding carboxylic acids is 1. The van der Waals surface area contributed by atoms with Gasteiger partial charge in [-0.05, 0) is 30.2 Å². The third-order valence-corrected chi connectivity index (χ3v) is 4.96. The van der Waals surface area contributed by atoms with Crippen LogP contribution in [0.25, 0.3) is 0 Å². The average Bonchev–Trinajstić information content (AvgIpc) is 2.77. The molecule has 1 aromatic rings. The highest BCUT2D eigenvalue weighted by molar-refractivity contribution is 7.99. The molecule has 1 saturated heterocycles. The molecule has 1 aromatic carbocycles. The van der Waals surface area contributed by atoms with Gasteiger partial charge < -0.3 is 19.7 Å². The zero-order valence-corrected chi connectivity index (χ0v) is 13.2. The van der Waals surface area contributed by atoms with Gasteiger partial charge in [0, 0.05) is 30.6 Å². The number of urea groups is 1. The van der Waals surface area contributed by atoms with E-state index in [9.17, 15) is 4.79 Å². The molecule has 0 radical (unpaired) electrons. The summed E-state index contributed by atoms with van der Waals surface area (Å²) in [5.41, 5.74) is 1.76. The Kier molecular flexibility index (Phi) is 4.14. The van der Waals surface area contributed by atoms with Crippen molar-refractivity contribution in [3.8, 4) is 11.5 Å². The molecular formula is C15H20N2O3S. The highest BCUT2D eigenvalue weighted by Gasteiger charge is 2.22. The maximum absolute atomic E-state index is 12.5. The lowest BCUT2D eigenvalue weighted by atomic mass is 10.1. The molecule has 0 aromatic heterocycles. The highest BCUT2D eigenvalue weighted by atomic mass is 32.2. The van der Waals surface area contributed by atoms with E-state index in [0.717, 1.165) is 41.6 Å². The van der Waals surface area contributed by atoms with Crippen molar-refractivity contribution in [3.63, 3.8) is 0 Å². The average molecular weight is 308 g/mol. The van der Waals surface area contributed by atoms with Crippen molar-refractivity contribution >= 4 is 23.5 Å². The largest absolute Gasteiger partial charge is 0.454 e. The minimum Gasteiger partial charge on any atom is -0.454 e. The summed E-state index contributed by atoms with van der Waals surface area (Å²) >= 11 is 1.91. The van der Waals surface area contributed by atoms with Crippen molar-refractivity contribution in [1.29, 1.82) is 0 Å². The Morgan fingerprint density at radius 2 is 2.14 bits per heavy atom. The summed E-state index contributed by atoms with van der Waals surface area (Å²) in [6, 6.07) is 3.70. The number of nitrogens with one attached hydrogen (secondary N) is 1. The molecule has 1 N–H and O–H groups in total. The molecule has 2 aliphatic rings. The van der Waals surface area contributed by atoms with Crippen molar-refractivity contribution < 1.29 is 14.3 Å². The van der Waals surface area contributed by atoms with E-state index in [-0.39, 0.29) is 12.8 Å². The first-order valence-electron chi connectivity index (χ1n) is 7.17. The first-order valence-corrected chi connectivity index (χ1v) is 8.33. The number of hydrogen-bond acceptors (Lipinski definition) is 4. The van der Waals surface area contributed by atoms with Crippen LogP contribution in [-0.4, -0.2) is 42.3 Å². The van der Waals surface area contributed by atoms with E-state index in [1.165, 1.54) is 0 Å². The van der Waals surface area contributed by atoms with Crippen LogP contribution in [0.4, 0.5) is 10.5 Å². The second-order valence-corrected chi connectivity index (χ2v) is 6.73. The topological polar surface area (TPSA) is 50.8 Å². The monoisotopic (exact) mass is 308 g/mol. The minimum absolute atomic E-state index is 0.0358. The molecule has 0 aliphatic carbocycles. The van der Waals surface area contributed by atoms with Crippen molar-refractivity contribution in [2.24, 2.45) is 5.92 Å². The number of ether oxygens (including phenoxy) is 2. The van der Waals surface area contributed by atoms with E-state index < -0.39 is 0 Å². The standard InChI is InChI=1S/C15H20N2O3S/c1-10-7-17(3-4-21-8-10)15(18)16-12-6-14-13(5-11(12)2)19-9-20-14/h5-6,10H,3-4,7-9H2,1-2H3,(H,16,18)/t10-/m0/s1. The van der Waals surface area contributed by atoms with E-state index in [0.29, 0.717) is 11.7 Å². The predicted molar refractivity (Wildman–Crippen MR) is 84.4 cm³/mol. The quantitative estimate of drug-likeness (QED) is 0.866. The first kappa shape index (κ1) is 14.4. The molecule has 5 nitrogen and oxygen atoms in total. The van der Waals surface area contributed by atoms with Crippen LogP contribution in [0.2, 0.25) is 0 Å². The second-order valence-electron chi connectivity index (χ2n) is 5.58. The van der Waals surface area contributed by atoms with Crippen molar-refractivity contribution in [1.82, 2.24) is 4.90 Å². The molecular weight excluding hydrogens is 288 g/mol. The molecule has 1 atom stereocenters. The first-order chi connectivity index (χ1) is 10.1. The van der Waals surface area contributed by atoms with Gasteiger partial charge in [0.2, 0.25) is 6.79 Å². The molecule has 1 fully saturated rings. The number of anilines is 1. The summed E-state index contributed by atoms with van der Waals surface area (Å²) in [7, 11) is 0. The summed E-state index contributed by atoms with van der Waals surface area (Å²) in [5, 5.41) is 3.00. The number of thioether (sulfide) groups is 1. The number of fused-ring (bicyclic) bond motifs is 1. The Hall–Kier alpha value is -1.56. The normalized spacial score (nSPS) is 21.0. The van der Waals surface area contributed by atoms with Gasteiger partial charge in [0.05, 0.1) is 0 Å². The summed E-state index contributed by atoms with van der Waals surface area (Å²) in [6.45, 7) is 5.99. The molecule has 0 spiro atoms. The molecule has 6 heteroatoms. The lowest BCUT2D eigenvalue weighted by Crippen LogP contribution is -2.38. The molecule has 0 saturated carbocycles. The van der Waals surface area contributed by atoms with Crippen LogP contribution in [-0.2, 0) is 0 Å². The smallest absolute Gasteiger partial charge is 0.321 e.